The lowest BCUT2D eigenvalue weighted by Gasteiger charge is -2.36. The third-order valence-corrected chi connectivity index (χ3v) is 5.53. The van der Waals surface area contributed by atoms with Gasteiger partial charge >= 0.3 is 0 Å². The molecule has 1 aromatic rings. The second-order valence-electron chi connectivity index (χ2n) is 7.25. The monoisotopic (exact) mass is 343 g/mol. The number of nitrogens with two attached hydrogens (primary N) is 1. The lowest BCUT2D eigenvalue weighted by atomic mass is 10.0. The fourth-order valence-electron chi connectivity index (χ4n) is 3.95. The molecule has 1 aromatic carbocycles. The van der Waals surface area contributed by atoms with Crippen LogP contribution >= 0.6 is 0 Å². The van der Waals surface area contributed by atoms with E-state index in [1.807, 2.05) is 28.0 Å². The molecular weight excluding hydrogens is 314 g/mol. The number of carbonyl (C=O) groups excluding carboxylic acids is 2. The van der Waals surface area contributed by atoms with Gasteiger partial charge in [0.2, 0.25) is 11.8 Å². The lowest BCUT2D eigenvalue weighted by molar-refractivity contribution is -0.142. The largest absolute Gasteiger partial charge is 0.339 e. The van der Waals surface area contributed by atoms with Crippen LogP contribution in [0.15, 0.2) is 30.3 Å². The Bertz CT molecular complexity index is 582. The van der Waals surface area contributed by atoms with Gasteiger partial charge in [0.25, 0.3) is 0 Å². The molecule has 1 aliphatic heterocycles. The van der Waals surface area contributed by atoms with Crippen molar-refractivity contribution in [2.24, 2.45) is 11.7 Å². The van der Waals surface area contributed by atoms with E-state index >= 15 is 0 Å². The normalized spacial score (nSPS) is 23.7. The Morgan fingerprint density at radius 1 is 1.00 bits per heavy atom. The van der Waals surface area contributed by atoms with E-state index in [9.17, 15) is 9.59 Å². The number of piperazine rings is 1. The van der Waals surface area contributed by atoms with Crippen LogP contribution < -0.4 is 5.73 Å². The summed E-state index contributed by atoms with van der Waals surface area (Å²) in [4.78, 5) is 28.7. The van der Waals surface area contributed by atoms with Crippen LogP contribution in [-0.2, 0) is 16.0 Å². The highest BCUT2D eigenvalue weighted by Crippen LogP contribution is 2.26. The molecule has 1 heterocycles. The smallest absolute Gasteiger partial charge is 0.227 e. The highest BCUT2D eigenvalue weighted by molar-refractivity contribution is 5.81. The molecule has 0 bridgehead atoms. The minimum atomic E-state index is -0.00637. The molecule has 2 aliphatic rings. The van der Waals surface area contributed by atoms with Crippen LogP contribution in [0.25, 0.3) is 0 Å². The summed E-state index contributed by atoms with van der Waals surface area (Å²) in [7, 11) is 0. The van der Waals surface area contributed by atoms with Gasteiger partial charge in [-0.2, -0.15) is 0 Å². The summed E-state index contributed by atoms with van der Waals surface area (Å²) in [5, 5.41) is 0. The van der Waals surface area contributed by atoms with E-state index in [0.717, 1.165) is 32.1 Å². The van der Waals surface area contributed by atoms with Gasteiger partial charge in [0.1, 0.15) is 0 Å². The van der Waals surface area contributed by atoms with Gasteiger partial charge in [-0.05, 0) is 31.2 Å². The molecule has 0 spiro atoms. The Morgan fingerprint density at radius 2 is 1.68 bits per heavy atom. The molecule has 1 saturated carbocycles. The molecule has 5 heteroatoms. The Hall–Kier alpha value is -1.88. The second-order valence-corrected chi connectivity index (χ2v) is 7.25. The van der Waals surface area contributed by atoms with Gasteiger partial charge in [0.15, 0.2) is 0 Å². The van der Waals surface area contributed by atoms with Crippen LogP contribution in [0.1, 0.15) is 37.7 Å². The molecule has 1 aliphatic carbocycles. The predicted molar refractivity (Wildman–Crippen MR) is 97.9 cm³/mol. The summed E-state index contributed by atoms with van der Waals surface area (Å²) in [5.74, 6) is 0.398. The maximum atomic E-state index is 12.6. The average molecular weight is 343 g/mol. The number of benzene rings is 1. The molecule has 2 N–H and O–H groups in total. The van der Waals surface area contributed by atoms with E-state index in [4.69, 9.17) is 5.73 Å². The third-order valence-electron chi connectivity index (χ3n) is 5.53. The summed E-state index contributed by atoms with van der Waals surface area (Å²) in [6.45, 7) is 2.59. The number of aryl methyl sites for hydroxylation is 1. The summed E-state index contributed by atoms with van der Waals surface area (Å²) in [6, 6.07) is 10.3. The Kier molecular flexibility index (Phi) is 6.08. The first-order valence-electron chi connectivity index (χ1n) is 9.51. The molecule has 0 radical (unpaired) electrons. The van der Waals surface area contributed by atoms with Crippen molar-refractivity contribution >= 4 is 11.8 Å². The van der Waals surface area contributed by atoms with Gasteiger partial charge in [-0.25, -0.2) is 0 Å². The fourth-order valence-corrected chi connectivity index (χ4v) is 3.95. The maximum absolute atomic E-state index is 12.6. The molecule has 25 heavy (non-hydrogen) atoms. The van der Waals surface area contributed by atoms with Crippen molar-refractivity contribution in [2.45, 2.75) is 44.6 Å². The summed E-state index contributed by atoms with van der Waals surface area (Å²) < 4.78 is 0. The highest BCUT2D eigenvalue weighted by Gasteiger charge is 2.34. The number of nitrogens with zero attached hydrogens (tertiary/aromatic N) is 2. The molecular formula is C20H29N3O2. The molecule has 0 aromatic heterocycles. The number of amides is 2. The predicted octanol–water partition coefficient (Wildman–Crippen LogP) is 1.81. The minimum Gasteiger partial charge on any atom is -0.339 e. The fraction of sp³-hybridized carbons (Fsp3) is 0.600. The van der Waals surface area contributed by atoms with Gasteiger partial charge in [-0.3, -0.25) is 9.59 Å². The Labute approximate surface area is 150 Å². The first kappa shape index (κ1) is 17.9. The van der Waals surface area contributed by atoms with E-state index in [-0.39, 0.29) is 23.8 Å². The zero-order valence-electron chi connectivity index (χ0n) is 14.9. The minimum absolute atomic E-state index is 0.00637. The molecule has 5 nitrogen and oxygen atoms in total. The van der Waals surface area contributed by atoms with Crippen molar-refractivity contribution in [1.82, 2.24) is 9.80 Å². The van der Waals surface area contributed by atoms with Gasteiger partial charge in [-0.1, -0.05) is 36.8 Å². The molecule has 0 unspecified atom stereocenters. The van der Waals surface area contributed by atoms with E-state index in [0.29, 0.717) is 32.6 Å². The van der Waals surface area contributed by atoms with Gasteiger partial charge in [0, 0.05) is 38.6 Å². The Balaban J connectivity index is 1.39. The van der Waals surface area contributed by atoms with Crippen molar-refractivity contribution < 1.29 is 9.59 Å². The molecule has 2 fully saturated rings. The topological polar surface area (TPSA) is 66.6 Å². The van der Waals surface area contributed by atoms with Gasteiger partial charge in [-0.15, -0.1) is 0 Å². The quantitative estimate of drug-likeness (QED) is 0.887. The van der Waals surface area contributed by atoms with E-state index in [1.54, 1.807) is 0 Å². The van der Waals surface area contributed by atoms with E-state index < -0.39 is 0 Å². The standard InChI is InChI=1S/C20H29N3O2/c21-18-10-5-9-17(18)20(25)23-14-12-22(13-15-23)19(24)11-4-8-16-6-2-1-3-7-16/h1-3,6-7,17-18H,4-5,8-15,21H2/t17-,18+/m1/s1. The van der Waals surface area contributed by atoms with Crippen LogP contribution in [0, 0.1) is 5.92 Å². The van der Waals surface area contributed by atoms with Crippen molar-refractivity contribution in [3.63, 3.8) is 0 Å². The van der Waals surface area contributed by atoms with Crippen LogP contribution in [0.2, 0.25) is 0 Å². The van der Waals surface area contributed by atoms with Gasteiger partial charge < -0.3 is 15.5 Å². The second kappa shape index (κ2) is 8.48. The highest BCUT2D eigenvalue weighted by atomic mass is 16.2. The number of hydrogen-bond donors (Lipinski definition) is 1. The lowest BCUT2D eigenvalue weighted by Crippen LogP contribution is -2.53. The molecule has 2 amide bonds. The van der Waals surface area contributed by atoms with Crippen LogP contribution in [0.5, 0.6) is 0 Å². The summed E-state index contributed by atoms with van der Waals surface area (Å²) in [6.07, 6.45) is 5.31. The molecule has 136 valence electrons. The van der Waals surface area contributed by atoms with Crippen molar-refractivity contribution in [2.75, 3.05) is 26.2 Å². The number of hydrogen-bond acceptors (Lipinski definition) is 3. The average Bonchev–Trinajstić information content (AvgIpc) is 3.08. The van der Waals surface area contributed by atoms with Crippen LogP contribution in [0.4, 0.5) is 0 Å². The number of carbonyl (C=O) groups is 2. The number of rotatable bonds is 5. The van der Waals surface area contributed by atoms with E-state index in [2.05, 4.69) is 12.1 Å². The van der Waals surface area contributed by atoms with Crippen LogP contribution in [0.3, 0.4) is 0 Å². The first-order chi connectivity index (χ1) is 12.1. The SMILES string of the molecule is N[C@H]1CCC[C@H]1C(=O)N1CCN(C(=O)CCCc2ccccc2)CC1. The zero-order chi connectivity index (χ0) is 17.6. The van der Waals surface area contributed by atoms with Crippen molar-refractivity contribution in [1.29, 1.82) is 0 Å². The maximum Gasteiger partial charge on any atom is 0.227 e. The summed E-state index contributed by atoms with van der Waals surface area (Å²) >= 11 is 0. The molecule has 3 rings (SSSR count). The molecule has 1 saturated heterocycles. The Morgan fingerprint density at radius 3 is 2.32 bits per heavy atom. The summed E-state index contributed by atoms with van der Waals surface area (Å²) in [5.41, 5.74) is 7.33. The van der Waals surface area contributed by atoms with Crippen molar-refractivity contribution in [3.8, 4) is 0 Å². The van der Waals surface area contributed by atoms with E-state index in [1.165, 1.54) is 5.56 Å². The van der Waals surface area contributed by atoms with Gasteiger partial charge in [0.05, 0.1) is 5.92 Å². The third kappa shape index (κ3) is 4.60. The molecule has 2 atom stereocenters. The first-order valence-corrected chi connectivity index (χ1v) is 9.51. The zero-order valence-corrected chi connectivity index (χ0v) is 14.9. The van der Waals surface area contributed by atoms with Crippen LogP contribution in [-0.4, -0.2) is 53.8 Å². The van der Waals surface area contributed by atoms with Crippen molar-refractivity contribution in [3.05, 3.63) is 35.9 Å².